The van der Waals surface area contributed by atoms with E-state index < -0.39 is 40.9 Å². The van der Waals surface area contributed by atoms with Crippen molar-refractivity contribution in [3.05, 3.63) is 47.5 Å². The van der Waals surface area contributed by atoms with E-state index in [1.54, 1.807) is 6.92 Å². The Bertz CT molecular complexity index is 717. The molecular formula is C14H15ClF4N4O. The number of carbonyl (C=O) groups is 1. The van der Waals surface area contributed by atoms with E-state index in [0.29, 0.717) is 4.68 Å². The molecule has 0 radical (unpaired) electrons. The summed E-state index contributed by atoms with van der Waals surface area (Å²) >= 11 is 0. The van der Waals surface area contributed by atoms with Crippen LogP contribution in [-0.4, -0.2) is 28.3 Å². The average molecular weight is 367 g/mol. The molecule has 0 spiro atoms. The molecule has 1 amide bonds. The molecule has 0 aliphatic carbocycles. The third kappa shape index (κ3) is 4.04. The number of amides is 1. The standard InChI is InChI=1S/C14H14F4N4O.ClH/c1-8(6-19)21-13(23)9-7-20-22(12(9)14(16,17)18)11-5-3-2-4-10(11)15;/h2-5,7-8H,6,19H2,1H3,(H,21,23);1H/t8-;/m0./s1. The van der Waals surface area contributed by atoms with E-state index in [1.165, 1.54) is 12.1 Å². The van der Waals surface area contributed by atoms with Gasteiger partial charge in [0.25, 0.3) is 5.91 Å². The number of nitrogens with zero attached hydrogens (tertiary/aromatic N) is 2. The highest BCUT2D eigenvalue weighted by Gasteiger charge is 2.41. The third-order valence-corrected chi connectivity index (χ3v) is 3.09. The molecule has 0 aliphatic heterocycles. The van der Waals surface area contributed by atoms with Crippen LogP contribution in [0.25, 0.3) is 5.69 Å². The van der Waals surface area contributed by atoms with Crippen LogP contribution in [0.3, 0.4) is 0 Å². The van der Waals surface area contributed by atoms with Gasteiger partial charge in [0.1, 0.15) is 11.5 Å². The molecule has 3 N–H and O–H groups in total. The maximum absolute atomic E-state index is 13.8. The van der Waals surface area contributed by atoms with Gasteiger partial charge >= 0.3 is 6.18 Å². The number of nitrogens with one attached hydrogen (secondary N) is 1. The van der Waals surface area contributed by atoms with Gasteiger partial charge in [-0.05, 0) is 19.1 Å². The maximum Gasteiger partial charge on any atom is 0.434 e. The second kappa shape index (κ2) is 7.63. The van der Waals surface area contributed by atoms with Gasteiger partial charge < -0.3 is 11.1 Å². The van der Waals surface area contributed by atoms with E-state index in [-0.39, 0.29) is 19.0 Å². The number of aromatic nitrogens is 2. The van der Waals surface area contributed by atoms with Crippen molar-refractivity contribution in [3.8, 4) is 5.69 Å². The molecule has 1 heterocycles. The lowest BCUT2D eigenvalue weighted by molar-refractivity contribution is -0.143. The monoisotopic (exact) mass is 366 g/mol. The van der Waals surface area contributed by atoms with Crippen molar-refractivity contribution in [3.63, 3.8) is 0 Å². The van der Waals surface area contributed by atoms with Gasteiger partial charge in [-0.15, -0.1) is 12.4 Å². The SMILES string of the molecule is C[C@@H](CN)NC(=O)c1cnn(-c2ccccc2F)c1C(F)(F)F.Cl. The Labute approximate surface area is 141 Å². The van der Waals surface area contributed by atoms with Crippen LogP contribution in [0.1, 0.15) is 23.0 Å². The van der Waals surface area contributed by atoms with Crippen LogP contribution >= 0.6 is 12.4 Å². The van der Waals surface area contributed by atoms with Crippen LogP contribution < -0.4 is 11.1 Å². The highest BCUT2D eigenvalue weighted by atomic mass is 35.5. The van der Waals surface area contributed by atoms with Crippen molar-refractivity contribution >= 4 is 18.3 Å². The third-order valence-electron chi connectivity index (χ3n) is 3.09. The van der Waals surface area contributed by atoms with Crippen LogP contribution in [-0.2, 0) is 6.18 Å². The summed E-state index contributed by atoms with van der Waals surface area (Å²) in [6.45, 7) is 1.61. The molecular weight excluding hydrogens is 352 g/mol. The molecule has 1 aromatic carbocycles. The fourth-order valence-electron chi connectivity index (χ4n) is 1.95. The molecule has 0 aliphatic rings. The summed E-state index contributed by atoms with van der Waals surface area (Å²) in [4.78, 5) is 12.0. The number of carbonyl (C=O) groups excluding carboxylic acids is 1. The first-order valence-corrected chi connectivity index (χ1v) is 6.66. The second-order valence-corrected chi connectivity index (χ2v) is 4.88. The Morgan fingerprint density at radius 3 is 2.54 bits per heavy atom. The zero-order valence-electron chi connectivity index (χ0n) is 12.5. The topological polar surface area (TPSA) is 72.9 Å². The summed E-state index contributed by atoms with van der Waals surface area (Å²) in [6, 6.07) is 4.35. The van der Waals surface area contributed by atoms with Gasteiger partial charge in [0.15, 0.2) is 5.69 Å². The van der Waals surface area contributed by atoms with Gasteiger partial charge in [-0.2, -0.15) is 18.3 Å². The summed E-state index contributed by atoms with van der Waals surface area (Å²) < 4.78 is 54.2. The molecule has 2 rings (SSSR count). The van der Waals surface area contributed by atoms with E-state index in [9.17, 15) is 22.4 Å². The number of hydrogen-bond donors (Lipinski definition) is 2. The molecule has 0 saturated carbocycles. The number of hydrogen-bond acceptors (Lipinski definition) is 3. The van der Waals surface area contributed by atoms with Crippen LogP contribution in [0.4, 0.5) is 17.6 Å². The predicted octanol–water partition coefficient (Wildman–Crippen LogP) is 2.53. The van der Waals surface area contributed by atoms with Gasteiger partial charge in [-0.25, -0.2) is 9.07 Å². The second-order valence-electron chi connectivity index (χ2n) is 4.88. The molecule has 132 valence electrons. The van der Waals surface area contributed by atoms with Gasteiger partial charge in [0.2, 0.25) is 0 Å². The number of halogens is 5. The highest BCUT2D eigenvalue weighted by Crippen LogP contribution is 2.34. The largest absolute Gasteiger partial charge is 0.434 e. The molecule has 24 heavy (non-hydrogen) atoms. The minimum absolute atomic E-state index is 0. The smallest absolute Gasteiger partial charge is 0.348 e. The zero-order valence-corrected chi connectivity index (χ0v) is 13.3. The van der Waals surface area contributed by atoms with Gasteiger partial charge in [-0.3, -0.25) is 4.79 Å². The molecule has 1 aromatic heterocycles. The summed E-state index contributed by atoms with van der Waals surface area (Å²) in [7, 11) is 0. The first-order chi connectivity index (χ1) is 10.8. The Morgan fingerprint density at radius 1 is 1.38 bits per heavy atom. The Morgan fingerprint density at radius 2 is 2.00 bits per heavy atom. The van der Waals surface area contributed by atoms with Crippen LogP contribution in [0.2, 0.25) is 0 Å². The molecule has 1 atom stereocenters. The number of alkyl halides is 3. The van der Waals surface area contributed by atoms with E-state index in [0.717, 1.165) is 18.3 Å². The lowest BCUT2D eigenvalue weighted by Crippen LogP contribution is -2.38. The number of para-hydroxylation sites is 1. The molecule has 5 nitrogen and oxygen atoms in total. The van der Waals surface area contributed by atoms with Crippen molar-refractivity contribution in [2.24, 2.45) is 5.73 Å². The molecule has 2 aromatic rings. The van der Waals surface area contributed by atoms with Crippen molar-refractivity contribution < 1.29 is 22.4 Å². The predicted molar refractivity (Wildman–Crippen MR) is 81.8 cm³/mol. The highest BCUT2D eigenvalue weighted by molar-refractivity contribution is 5.95. The Balaban J connectivity index is 0.00000288. The first-order valence-electron chi connectivity index (χ1n) is 6.66. The van der Waals surface area contributed by atoms with Crippen LogP contribution in [0.15, 0.2) is 30.5 Å². The van der Waals surface area contributed by atoms with E-state index in [4.69, 9.17) is 5.73 Å². The molecule has 0 unspecified atom stereocenters. The average Bonchev–Trinajstić information content (AvgIpc) is 2.92. The van der Waals surface area contributed by atoms with Crippen molar-refractivity contribution in [2.75, 3.05) is 6.54 Å². The van der Waals surface area contributed by atoms with E-state index >= 15 is 0 Å². The number of rotatable bonds is 4. The minimum atomic E-state index is -4.89. The quantitative estimate of drug-likeness (QED) is 0.817. The van der Waals surface area contributed by atoms with Crippen LogP contribution in [0, 0.1) is 5.82 Å². The summed E-state index contributed by atoms with van der Waals surface area (Å²) in [5.74, 6) is -1.86. The minimum Gasteiger partial charge on any atom is -0.348 e. The van der Waals surface area contributed by atoms with Crippen molar-refractivity contribution in [2.45, 2.75) is 19.1 Å². The lowest BCUT2D eigenvalue weighted by Gasteiger charge is -2.15. The fourth-order valence-corrected chi connectivity index (χ4v) is 1.95. The molecule has 10 heteroatoms. The van der Waals surface area contributed by atoms with Crippen molar-refractivity contribution in [1.29, 1.82) is 0 Å². The van der Waals surface area contributed by atoms with E-state index in [2.05, 4.69) is 10.4 Å². The number of benzene rings is 1. The van der Waals surface area contributed by atoms with Gasteiger partial charge in [-0.1, -0.05) is 12.1 Å². The summed E-state index contributed by atoms with van der Waals surface area (Å²) in [5.41, 5.74) is 2.90. The zero-order chi connectivity index (χ0) is 17.2. The van der Waals surface area contributed by atoms with Gasteiger partial charge in [0.05, 0.1) is 11.8 Å². The Kier molecular flexibility index (Phi) is 6.33. The molecule has 0 fully saturated rings. The van der Waals surface area contributed by atoms with Crippen molar-refractivity contribution in [1.82, 2.24) is 15.1 Å². The fraction of sp³-hybridized carbons (Fsp3) is 0.286. The lowest BCUT2D eigenvalue weighted by atomic mass is 10.2. The van der Waals surface area contributed by atoms with E-state index in [1.807, 2.05) is 0 Å². The maximum atomic E-state index is 13.8. The Hall–Kier alpha value is -2.13. The summed E-state index contributed by atoms with van der Waals surface area (Å²) in [6.07, 6.45) is -4.13. The normalized spacial score (nSPS) is 12.4. The summed E-state index contributed by atoms with van der Waals surface area (Å²) in [5, 5.41) is 5.86. The molecule has 0 bridgehead atoms. The number of nitrogens with two attached hydrogens (primary N) is 1. The first kappa shape index (κ1) is 19.9. The van der Waals surface area contributed by atoms with Gasteiger partial charge in [0, 0.05) is 12.6 Å². The molecule has 0 saturated heterocycles. The van der Waals surface area contributed by atoms with Crippen LogP contribution in [0.5, 0.6) is 0 Å².